The Bertz CT molecular complexity index is 482. The van der Waals surface area contributed by atoms with E-state index in [2.05, 4.69) is 4.72 Å². The molecule has 1 aromatic carbocycles. The Morgan fingerprint density at radius 2 is 2.29 bits per heavy atom. The Hall–Kier alpha value is -0.720. The summed E-state index contributed by atoms with van der Waals surface area (Å²) in [4.78, 5) is 0.239. The van der Waals surface area contributed by atoms with Gasteiger partial charge in [0.1, 0.15) is 0 Å². The molecule has 1 aromatic rings. The summed E-state index contributed by atoms with van der Waals surface area (Å²) in [5, 5.41) is 0. The van der Waals surface area contributed by atoms with Crippen molar-refractivity contribution in [2.24, 2.45) is 5.92 Å². The molecule has 0 spiro atoms. The van der Waals surface area contributed by atoms with Crippen LogP contribution in [0.3, 0.4) is 0 Å². The Balaban J connectivity index is 2.03. The van der Waals surface area contributed by atoms with E-state index in [1.807, 2.05) is 11.8 Å². The number of nitrogen functional groups attached to an aromatic ring is 1. The first-order chi connectivity index (χ1) is 8.08. The molecule has 94 valence electrons. The molecule has 1 aliphatic heterocycles. The van der Waals surface area contributed by atoms with E-state index in [1.165, 1.54) is 6.07 Å². The maximum Gasteiger partial charge on any atom is 0.240 e. The second-order valence-corrected chi connectivity index (χ2v) is 7.07. The van der Waals surface area contributed by atoms with Crippen LogP contribution in [0.25, 0.3) is 0 Å². The lowest BCUT2D eigenvalue weighted by atomic mass is 10.1. The lowest BCUT2D eigenvalue weighted by molar-refractivity contribution is 0.546. The molecular formula is C11H16N2O2S2. The van der Waals surface area contributed by atoms with Gasteiger partial charge in [0, 0.05) is 12.2 Å². The molecule has 6 heteroatoms. The van der Waals surface area contributed by atoms with Crippen molar-refractivity contribution < 1.29 is 8.42 Å². The highest BCUT2D eigenvalue weighted by Gasteiger charge is 2.19. The van der Waals surface area contributed by atoms with Crippen LogP contribution in [0.15, 0.2) is 29.2 Å². The van der Waals surface area contributed by atoms with E-state index in [9.17, 15) is 8.42 Å². The molecule has 0 radical (unpaired) electrons. The van der Waals surface area contributed by atoms with Crippen LogP contribution in [-0.2, 0) is 10.0 Å². The van der Waals surface area contributed by atoms with Crippen molar-refractivity contribution in [1.82, 2.24) is 4.72 Å². The summed E-state index contributed by atoms with van der Waals surface area (Å²) in [6.07, 6.45) is 1.09. The predicted octanol–water partition coefficient (Wildman–Crippen LogP) is 1.30. The molecule has 0 aromatic heterocycles. The lowest BCUT2D eigenvalue weighted by Gasteiger charge is -2.11. The molecule has 1 fully saturated rings. The number of benzene rings is 1. The van der Waals surface area contributed by atoms with Crippen LogP contribution in [0.5, 0.6) is 0 Å². The largest absolute Gasteiger partial charge is 0.399 e. The quantitative estimate of drug-likeness (QED) is 0.810. The van der Waals surface area contributed by atoms with Crippen LogP contribution in [0.4, 0.5) is 5.69 Å². The first-order valence-electron chi connectivity index (χ1n) is 5.51. The van der Waals surface area contributed by atoms with Crippen LogP contribution in [-0.4, -0.2) is 26.5 Å². The van der Waals surface area contributed by atoms with Crippen molar-refractivity contribution in [3.05, 3.63) is 24.3 Å². The van der Waals surface area contributed by atoms with Gasteiger partial charge < -0.3 is 5.73 Å². The third-order valence-electron chi connectivity index (χ3n) is 2.75. The molecule has 0 aliphatic carbocycles. The third-order valence-corrected chi connectivity index (χ3v) is 5.41. The van der Waals surface area contributed by atoms with Crippen LogP contribution >= 0.6 is 11.8 Å². The van der Waals surface area contributed by atoms with E-state index in [1.54, 1.807) is 18.2 Å². The first kappa shape index (κ1) is 12.7. The minimum absolute atomic E-state index is 0.239. The van der Waals surface area contributed by atoms with Gasteiger partial charge in [0.05, 0.1) is 4.90 Å². The van der Waals surface area contributed by atoms with Crippen LogP contribution < -0.4 is 10.5 Å². The van der Waals surface area contributed by atoms with E-state index in [0.29, 0.717) is 18.2 Å². The van der Waals surface area contributed by atoms with Gasteiger partial charge in [0.15, 0.2) is 0 Å². The number of hydrogen-bond donors (Lipinski definition) is 2. The number of hydrogen-bond acceptors (Lipinski definition) is 4. The molecule has 1 heterocycles. The zero-order chi connectivity index (χ0) is 12.3. The van der Waals surface area contributed by atoms with E-state index in [-0.39, 0.29) is 4.90 Å². The maximum absolute atomic E-state index is 12.0. The van der Waals surface area contributed by atoms with Crippen molar-refractivity contribution in [1.29, 1.82) is 0 Å². The summed E-state index contributed by atoms with van der Waals surface area (Å²) >= 11 is 1.88. The van der Waals surface area contributed by atoms with Gasteiger partial charge in [-0.2, -0.15) is 11.8 Å². The Labute approximate surface area is 106 Å². The van der Waals surface area contributed by atoms with Gasteiger partial charge >= 0.3 is 0 Å². The summed E-state index contributed by atoms with van der Waals surface area (Å²) < 4.78 is 26.6. The van der Waals surface area contributed by atoms with E-state index in [0.717, 1.165) is 17.9 Å². The summed E-state index contributed by atoms with van der Waals surface area (Å²) in [6.45, 7) is 0.518. The maximum atomic E-state index is 12.0. The topological polar surface area (TPSA) is 72.2 Å². The second kappa shape index (κ2) is 5.29. The molecule has 3 N–H and O–H groups in total. The van der Waals surface area contributed by atoms with Crippen LogP contribution in [0.2, 0.25) is 0 Å². The zero-order valence-electron chi connectivity index (χ0n) is 9.43. The highest BCUT2D eigenvalue weighted by molar-refractivity contribution is 7.99. The van der Waals surface area contributed by atoms with E-state index >= 15 is 0 Å². The minimum atomic E-state index is -3.41. The standard InChI is InChI=1S/C11H16N2O2S2/c12-10-2-1-3-11(6-10)17(14,15)13-7-9-4-5-16-8-9/h1-3,6,9,13H,4-5,7-8,12H2. The van der Waals surface area contributed by atoms with Gasteiger partial charge in [0.2, 0.25) is 10.0 Å². The van der Waals surface area contributed by atoms with Gasteiger partial charge in [-0.1, -0.05) is 6.07 Å². The van der Waals surface area contributed by atoms with Crippen LogP contribution in [0, 0.1) is 5.92 Å². The molecule has 0 bridgehead atoms. The third kappa shape index (κ3) is 3.37. The first-order valence-corrected chi connectivity index (χ1v) is 8.15. The molecule has 1 aliphatic rings. The number of anilines is 1. The van der Waals surface area contributed by atoms with E-state index in [4.69, 9.17) is 5.73 Å². The van der Waals surface area contributed by atoms with Crippen molar-refractivity contribution in [2.45, 2.75) is 11.3 Å². The average molecular weight is 272 g/mol. The fraction of sp³-hybridized carbons (Fsp3) is 0.455. The lowest BCUT2D eigenvalue weighted by Crippen LogP contribution is -2.29. The smallest absolute Gasteiger partial charge is 0.240 e. The molecule has 4 nitrogen and oxygen atoms in total. The SMILES string of the molecule is Nc1cccc(S(=O)(=O)NCC2CCSC2)c1. The molecule has 0 saturated carbocycles. The highest BCUT2D eigenvalue weighted by Crippen LogP contribution is 2.23. The molecule has 17 heavy (non-hydrogen) atoms. The summed E-state index contributed by atoms with van der Waals surface area (Å²) in [5.74, 6) is 2.63. The number of sulfonamides is 1. The molecule has 1 unspecified atom stereocenters. The van der Waals surface area contributed by atoms with Gasteiger partial charge in [-0.05, 0) is 42.0 Å². The molecule has 2 rings (SSSR count). The highest BCUT2D eigenvalue weighted by atomic mass is 32.2. The number of thioether (sulfide) groups is 1. The van der Waals surface area contributed by atoms with Gasteiger partial charge in [0.25, 0.3) is 0 Å². The van der Waals surface area contributed by atoms with Crippen molar-refractivity contribution in [3.8, 4) is 0 Å². The van der Waals surface area contributed by atoms with Gasteiger partial charge in [-0.15, -0.1) is 0 Å². The second-order valence-electron chi connectivity index (χ2n) is 4.15. The Morgan fingerprint density at radius 1 is 1.47 bits per heavy atom. The molecule has 1 atom stereocenters. The molecular weight excluding hydrogens is 256 g/mol. The number of nitrogens with two attached hydrogens (primary N) is 1. The Morgan fingerprint density at radius 3 is 2.94 bits per heavy atom. The van der Waals surface area contributed by atoms with Gasteiger partial charge in [-0.3, -0.25) is 0 Å². The van der Waals surface area contributed by atoms with Gasteiger partial charge in [-0.25, -0.2) is 13.1 Å². The normalized spacial score (nSPS) is 20.6. The fourth-order valence-electron chi connectivity index (χ4n) is 1.74. The number of nitrogens with one attached hydrogen (secondary N) is 1. The minimum Gasteiger partial charge on any atom is -0.399 e. The summed E-state index contributed by atoms with van der Waals surface area (Å²) in [6, 6.07) is 6.36. The average Bonchev–Trinajstić information content (AvgIpc) is 2.79. The van der Waals surface area contributed by atoms with E-state index < -0.39 is 10.0 Å². The predicted molar refractivity (Wildman–Crippen MR) is 71.5 cm³/mol. The molecule has 1 saturated heterocycles. The van der Waals surface area contributed by atoms with Crippen LogP contribution in [0.1, 0.15) is 6.42 Å². The zero-order valence-corrected chi connectivity index (χ0v) is 11.1. The summed E-state index contributed by atoms with van der Waals surface area (Å²) in [5.41, 5.74) is 6.04. The van der Waals surface area contributed by atoms with Crippen molar-refractivity contribution in [3.63, 3.8) is 0 Å². The molecule has 0 amide bonds. The number of rotatable bonds is 4. The summed E-state index contributed by atoms with van der Waals surface area (Å²) in [7, 11) is -3.41. The monoisotopic (exact) mass is 272 g/mol. The fourth-order valence-corrected chi connectivity index (χ4v) is 4.19. The Kier molecular flexibility index (Phi) is 3.96. The van der Waals surface area contributed by atoms with Crippen molar-refractivity contribution >= 4 is 27.5 Å². The van der Waals surface area contributed by atoms with Crippen molar-refractivity contribution in [2.75, 3.05) is 23.8 Å².